The predicted molar refractivity (Wildman–Crippen MR) is 101 cm³/mol. The van der Waals surface area contributed by atoms with Gasteiger partial charge in [-0.15, -0.1) is 0 Å². The van der Waals surface area contributed by atoms with E-state index in [-0.39, 0.29) is 5.91 Å². The molecule has 1 heterocycles. The van der Waals surface area contributed by atoms with Gasteiger partial charge >= 0.3 is 0 Å². The molecule has 4 nitrogen and oxygen atoms in total. The van der Waals surface area contributed by atoms with Gasteiger partial charge in [0, 0.05) is 23.3 Å². The highest BCUT2D eigenvalue weighted by Gasteiger charge is 2.10. The van der Waals surface area contributed by atoms with E-state index in [2.05, 4.69) is 15.3 Å². The van der Waals surface area contributed by atoms with Gasteiger partial charge < -0.3 is 10.3 Å². The Morgan fingerprint density at radius 1 is 1.12 bits per heavy atom. The van der Waals surface area contributed by atoms with Crippen LogP contribution in [-0.2, 0) is 6.42 Å². The normalized spacial score (nSPS) is 10.6. The highest BCUT2D eigenvalue weighted by Crippen LogP contribution is 2.20. The van der Waals surface area contributed by atoms with E-state index in [1.165, 1.54) is 0 Å². The molecule has 2 aromatic carbocycles. The van der Waals surface area contributed by atoms with Gasteiger partial charge in [0.25, 0.3) is 5.91 Å². The number of nitrogens with one attached hydrogen (secondary N) is 2. The van der Waals surface area contributed by atoms with Crippen LogP contribution in [0, 0.1) is 0 Å². The maximum atomic E-state index is 12.1. The fraction of sp³-hybridized carbons (Fsp3) is 0.158. The van der Waals surface area contributed by atoms with Gasteiger partial charge in [-0.25, -0.2) is 4.98 Å². The Labute approximate surface area is 156 Å². The number of benzene rings is 2. The van der Waals surface area contributed by atoms with Crippen molar-refractivity contribution in [1.29, 1.82) is 0 Å². The molecule has 0 unspecified atom stereocenters. The van der Waals surface area contributed by atoms with Gasteiger partial charge in [0.1, 0.15) is 5.82 Å². The number of carbonyl (C=O) groups excluding carboxylic acids is 1. The fourth-order valence-electron chi connectivity index (χ4n) is 2.47. The van der Waals surface area contributed by atoms with Crippen LogP contribution in [0.5, 0.6) is 0 Å². The molecule has 128 valence electrons. The lowest BCUT2D eigenvalue weighted by molar-refractivity contribution is 0.0953. The number of aromatic nitrogens is 2. The van der Waals surface area contributed by atoms with Crippen molar-refractivity contribution in [1.82, 2.24) is 15.3 Å². The predicted octanol–water partition coefficient (Wildman–Crippen LogP) is 4.75. The molecule has 3 rings (SSSR count). The molecule has 0 saturated carbocycles. The monoisotopic (exact) mass is 373 g/mol. The zero-order valence-corrected chi connectivity index (χ0v) is 14.9. The lowest BCUT2D eigenvalue weighted by atomic mass is 10.2. The Kier molecular flexibility index (Phi) is 5.74. The molecule has 0 aliphatic heterocycles. The number of H-pyrrole nitrogens is 1. The summed E-state index contributed by atoms with van der Waals surface area (Å²) in [5.41, 5.74) is 2.41. The summed E-state index contributed by atoms with van der Waals surface area (Å²) in [5.74, 6) is 0.629. The second-order valence-electron chi connectivity index (χ2n) is 5.59. The number of nitrogens with zero attached hydrogens (tertiary/aromatic N) is 1. The van der Waals surface area contributed by atoms with Crippen LogP contribution >= 0.6 is 23.2 Å². The summed E-state index contributed by atoms with van der Waals surface area (Å²) in [6.45, 7) is 0.537. The summed E-state index contributed by atoms with van der Waals surface area (Å²) < 4.78 is 0. The van der Waals surface area contributed by atoms with Gasteiger partial charge in [0.2, 0.25) is 0 Å². The molecular formula is C19H17Cl2N3O. The van der Waals surface area contributed by atoms with E-state index in [1.807, 2.05) is 36.5 Å². The number of hydrogen-bond acceptors (Lipinski definition) is 2. The molecule has 0 spiro atoms. The van der Waals surface area contributed by atoms with Crippen molar-refractivity contribution in [2.45, 2.75) is 12.8 Å². The molecule has 0 saturated heterocycles. The summed E-state index contributed by atoms with van der Waals surface area (Å²) in [5, 5.41) is 3.73. The highest BCUT2D eigenvalue weighted by atomic mass is 35.5. The molecule has 0 fully saturated rings. The standard InChI is InChI=1S/C19H17Cl2N3O/c20-14-8-9-17(21)16(11-14)19(25)22-10-4-7-15-12-23-18(24-15)13-5-2-1-3-6-13/h1-3,5-6,8-9,11-12H,4,7,10H2,(H,22,25)(H,23,24). The first-order valence-corrected chi connectivity index (χ1v) is 8.72. The average Bonchev–Trinajstić information content (AvgIpc) is 3.10. The molecule has 0 aliphatic rings. The van der Waals surface area contributed by atoms with Crippen molar-refractivity contribution in [2.75, 3.05) is 6.54 Å². The van der Waals surface area contributed by atoms with Crippen LogP contribution in [0.25, 0.3) is 11.4 Å². The third-order valence-corrected chi connectivity index (χ3v) is 4.31. The van der Waals surface area contributed by atoms with Crippen LogP contribution in [-0.4, -0.2) is 22.4 Å². The molecule has 1 aromatic heterocycles. The van der Waals surface area contributed by atoms with Crippen LogP contribution in [0.2, 0.25) is 10.0 Å². The second-order valence-corrected chi connectivity index (χ2v) is 6.43. The largest absolute Gasteiger partial charge is 0.352 e. The number of aryl methyl sites for hydroxylation is 1. The van der Waals surface area contributed by atoms with Crippen molar-refractivity contribution in [3.8, 4) is 11.4 Å². The van der Waals surface area contributed by atoms with Crippen LogP contribution in [0.1, 0.15) is 22.5 Å². The Morgan fingerprint density at radius 2 is 1.92 bits per heavy atom. The average molecular weight is 374 g/mol. The third-order valence-electron chi connectivity index (χ3n) is 3.75. The summed E-state index contributed by atoms with van der Waals surface area (Å²) >= 11 is 11.9. The van der Waals surface area contributed by atoms with Gasteiger partial charge in [-0.3, -0.25) is 4.79 Å². The van der Waals surface area contributed by atoms with Gasteiger partial charge in [0.15, 0.2) is 0 Å². The van der Waals surface area contributed by atoms with Crippen LogP contribution in [0.15, 0.2) is 54.7 Å². The Hall–Kier alpha value is -2.30. The molecule has 3 aromatic rings. The summed E-state index contributed by atoms with van der Waals surface area (Å²) in [7, 11) is 0. The van der Waals surface area contributed by atoms with Crippen molar-refractivity contribution in [3.05, 3.63) is 76.0 Å². The topological polar surface area (TPSA) is 57.8 Å². The number of aromatic amines is 1. The van der Waals surface area contributed by atoms with Gasteiger partial charge in [-0.1, -0.05) is 53.5 Å². The van der Waals surface area contributed by atoms with Gasteiger partial charge in [0.05, 0.1) is 16.3 Å². The first kappa shape index (κ1) is 17.5. The molecular weight excluding hydrogens is 357 g/mol. The van der Waals surface area contributed by atoms with E-state index in [0.717, 1.165) is 29.9 Å². The zero-order chi connectivity index (χ0) is 17.6. The Bertz CT molecular complexity index is 862. The molecule has 25 heavy (non-hydrogen) atoms. The van der Waals surface area contributed by atoms with E-state index in [1.54, 1.807) is 18.2 Å². The maximum absolute atomic E-state index is 12.1. The van der Waals surface area contributed by atoms with E-state index in [4.69, 9.17) is 23.2 Å². The van der Waals surface area contributed by atoms with Crippen LogP contribution in [0.4, 0.5) is 0 Å². The maximum Gasteiger partial charge on any atom is 0.252 e. The number of hydrogen-bond donors (Lipinski definition) is 2. The van der Waals surface area contributed by atoms with Crippen LogP contribution < -0.4 is 5.32 Å². The lowest BCUT2D eigenvalue weighted by Gasteiger charge is -2.06. The molecule has 1 amide bonds. The van der Waals surface area contributed by atoms with E-state index in [0.29, 0.717) is 22.2 Å². The number of carbonyl (C=O) groups is 1. The molecule has 0 radical (unpaired) electrons. The van der Waals surface area contributed by atoms with Gasteiger partial charge in [-0.05, 0) is 31.0 Å². The van der Waals surface area contributed by atoms with E-state index >= 15 is 0 Å². The smallest absolute Gasteiger partial charge is 0.252 e. The molecule has 0 atom stereocenters. The number of rotatable bonds is 6. The van der Waals surface area contributed by atoms with Gasteiger partial charge in [-0.2, -0.15) is 0 Å². The Balaban J connectivity index is 1.50. The second kappa shape index (κ2) is 8.19. The molecule has 0 bridgehead atoms. The van der Waals surface area contributed by atoms with Crippen molar-refractivity contribution in [3.63, 3.8) is 0 Å². The quantitative estimate of drug-likeness (QED) is 0.612. The minimum absolute atomic E-state index is 0.223. The summed E-state index contributed by atoms with van der Waals surface area (Å²) in [4.78, 5) is 19.9. The first-order valence-electron chi connectivity index (χ1n) is 7.96. The zero-order valence-electron chi connectivity index (χ0n) is 13.4. The lowest BCUT2D eigenvalue weighted by Crippen LogP contribution is -2.25. The molecule has 6 heteroatoms. The number of imidazole rings is 1. The van der Waals surface area contributed by atoms with E-state index in [9.17, 15) is 4.79 Å². The fourth-order valence-corrected chi connectivity index (χ4v) is 2.85. The molecule has 0 aliphatic carbocycles. The SMILES string of the molecule is O=C(NCCCc1c[nH]c(-c2ccccc2)n1)c1cc(Cl)ccc1Cl. The summed E-state index contributed by atoms with van der Waals surface area (Å²) in [6, 6.07) is 14.8. The Morgan fingerprint density at radius 3 is 2.72 bits per heavy atom. The van der Waals surface area contributed by atoms with Crippen molar-refractivity contribution in [2.24, 2.45) is 0 Å². The first-order chi connectivity index (χ1) is 12.1. The van der Waals surface area contributed by atoms with Crippen LogP contribution in [0.3, 0.4) is 0 Å². The minimum atomic E-state index is -0.223. The third kappa shape index (κ3) is 4.62. The molecule has 2 N–H and O–H groups in total. The summed E-state index contributed by atoms with van der Waals surface area (Å²) in [6.07, 6.45) is 3.45. The van der Waals surface area contributed by atoms with Crippen molar-refractivity contribution >= 4 is 29.1 Å². The number of amides is 1. The minimum Gasteiger partial charge on any atom is -0.352 e. The number of halogens is 2. The van der Waals surface area contributed by atoms with Crippen molar-refractivity contribution < 1.29 is 4.79 Å². The van der Waals surface area contributed by atoms with E-state index < -0.39 is 0 Å². The highest BCUT2D eigenvalue weighted by molar-refractivity contribution is 6.35.